The van der Waals surface area contributed by atoms with Crippen LogP contribution in [0.1, 0.15) is 45.6 Å². The summed E-state index contributed by atoms with van der Waals surface area (Å²) in [7, 11) is 0. The average molecular weight is 411 g/mol. The predicted molar refractivity (Wildman–Crippen MR) is 117 cm³/mol. The van der Waals surface area contributed by atoms with Gasteiger partial charge in [0.1, 0.15) is 11.4 Å². The molecule has 0 bridgehead atoms. The topological polar surface area (TPSA) is 18.5 Å². The molecule has 1 saturated heterocycles. The minimum Gasteiger partial charge on any atom is -0.347 e. The molecule has 1 fully saturated rings. The summed E-state index contributed by atoms with van der Waals surface area (Å²) < 4.78 is 27.0. The van der Waals surface area contributed by atoms with E-state index in [1.807, 2.05) is 25.1 Å². The number of ether oxygens (including phenoxy) is 2. The van der Waals surface area contributed by atoms with Gasteiger partial charge >= 0.3 is 0 Å². The van der Waals surface area contributed by atoms with Gasteiger partial charge < -0.3 is 9.47 Å². The van der Waals surface area contributed by atoms with Gasteiger partial charge in [-0.05, 0) is 60.0 Å². The van der Waals surface area contributed by atoms with E-state index in [0.29, 0.717) is 6.61 Å². The fraction of sp³-hybridized carbons (Fsp3) is 0.360. The van der Waals surface area contributed by atoms with Gasteiger partial charge in [-0.25, -0.2) is 4.39 Å². The molecule has 1 heterocycles. The molecule has 4 heteroatoms. The highest BCUT2D eigenvalue weighted by Crippen LogP contribution is 2.44. The maximum atomic E-state index is 14.6. The van der Waals surface area contributed by atoms with Crippen LogP contribution in [0.4, 0.5) is 4.39 Å². The Labute approximate surface area is 176 Å². The van der Waals surface area contributed by atoms with E-state index in [9.17, 15) is 4.39 Å². The molecule has 1 aliphatic rings. The first-order valence-corrected chi connectivity index (χ1v) is 11.1. The van der Waals surface area contributed by atoms with Crippen molar-refractivity contribution in [3.63, 3.8) is 0 Å². The lowest BCUT2D eigenvalue weighted by Gasteiger charge is -2.30. The summed E-state index contributed by atoms with van der Waals surface area (Å²) in [5.41, 5.74) is 0.244. The molecule has 0 aromatic heterocycles. The van der Waals surface area contributed by atoms with Crippen LogP contribution in [0, 0.1) is 5.82 Å². The molecule has 0 amide bonds. The number of fused-ring (bicyclic) bond motifs is 1. The summed E-state index contributed by atoms with van der Waals surface area (Å²) in [6.45, 7) is 6.62. The van der Waals surface area contributed by atoms with Crippen molar-refractivity contribution < 1.29 is 13.9 Å². The fourth-order valence-corrected chi connectivity index (χ4v) is 5.04. The van der Waals surface area contributed by atoms with Crippen molar-refractivity contribution in [2.45, 2.75) is 61.2 Å². The smallest absolute Gasteiger partial charge is 0.166 e. The largest absolute Gasteiger partial charge is 0.347 e. The van der Waals surface area contributed by atoms with Crippen molar-refractivity contribution in [2.75, 3.05) is 6.61 Å². The fourth-order valence-electron chi connectivity index (χ4n) is 4.09. The Morgan fingerprint density at radius 3 is 2.52 bits per heavy atom. The van der Waals surface area contributed by atoms with Crippen LogP contribution in [-0.4, -0.2) is 12.4 Å². The van der Waals surface area contributed by atoms with E-state index >= 15 is 0 Å². The van der Waals surface area contributed by atoms with Crippen molar-refractivity contribution in [1.29, 1.82) is 0 Å². The monoisotopic (exact) mass is 410 g/mol. The maximum Gasteiger partial charge on any atom is 0.166 e. The van der Waals surface area contributed by atoms with Gasteiger partial charge in [0.2, 0.25) is 0 Å². The first kappa shape index (κ1) is 20.4. The standard InChI is InChI=1S/C25H27FO2S/c1-4-12-24(3)27-17-25(5-2,28-24)20-14-21(26)16-23(15-20)29-22-11-10-18-8-6-7-9-19(18)13-22/h6-11,13-16H,4-5,12,17H2,1-3H3. The van der Waals surface area contributed by atoms with Crippen LogP contribution in [0.2, 0.25) is 0 Å². The van der Waals surface area contributed by atoms with Gasteiger partial charge in [0.25, 0.3) is 0 Å². The zero-order chi connectivity index (χ0) is 20.5. The van der Waals surface area contributed by atoms with Crippen LogP contribution < -0.4 is 0 Å². The van der Waals surface area contributed by atoms with Crippen molar-refractivity contribution in [2.24, 2.45) is 0 Å². The van der Waals surface area contributed by atoms with Gasteiger partial charge in [-0.15, -0.1) is 0 Å². The van der Waals surface area contributed by atoms with Crippen molar-refractivity contribution in [3.05, 3.63) is 72.0 Å². The molecule has 4 rings (SSSR count). The van der Waals surface area contributed by atoms with Gasteiger partial charge in [-0.3, -0.25) is 0 Å². The number of rotatable bonds is 6. The first-order valence-electron chi connectivity index (χ1n) is 10.3. The van der Waals surface area contributed by atoms with Gasteiger partial charge in [0.05, 0.1) is 6.61 Å². The summed E-state index contributed by atoms with van der Waals surface area (Å²) in [6.07, 6.45) is 2.53. The van der Waals surface area contributed by atoms with E-state index in [4.69, 9.17) is 9.47 Å². The number of hydrogen-bond acceptors (Lipinski definition) is 3. The molecule has 0 N–H and O–H groups in total. The number of benzene rings is 3. The van der Waals surface area contributed by atoms with Crippen molar-refractivity contribution in [3.8, 4) is 0 Å². The Kier molecular flexibility index (Phi) is 5.69. The molecule has 2 nitrogen and oxygen atoms in total. The normalized spacial score (nSPS) is 24.3. The Morgan fingerprint density at radius 1 is 0.966 bits per heavy atom. The second-order valence-electron chi connectivity index (χ2n) is 7.91. The van der Waals surface area contributed by atoms with E-state index in [1.165, 1.54) is 10.8 Å². The van der Waals surface area contributed by atoms with Gasteiger partial charge in [-0.1, -0.05) is 62.4 Å². The van der Waals surface area contributed by atoms with E-state index in [2.05, 4.69) is 44.2 Å². The molecule has 2 atom stereocenters. The summed E-state index contributed by atoms with van der Waals surface area (Å²) in [5.74, 6) is -0.853. The quantitative estimate of drug-likeness (QED) is 0.425. The second kappa shape index (κ2) is 8.10. The number of hydrogen-bond donors (Lipinski definition) is 0. The highest BCUT2D eigenvalue weighted by molar-refractivity contribution is 7.99. The van der Waals surface area contributed by atoms with Crippen molar-refractivity contribution in [1.82, 2.24) is 0 Å². The molecule has 0 aliphatic carbocycles. The summed E-state index contributed by atoms with van der Waals surface area (Å²) in [4.78, 5) is 1.96. The van der Waals surface area contributed by atoms with Crippen LogP contribution >= 0.6 is 11.8 Å². The minimum atomic E-state index is -0.608. The third-order valence-corrected chi connectivity index (χ3v) is 6.61. The highest BCUT2D eigenvalue weighted by Gasteiger charge is 2.47. The molecule has 0 radical (unpaired) electrons. The lowest BCUT2D eigenvalue weighted by molar-refractivity contribution is -0.182. The molecule has 0 saturated carbocycles. The van der Waals surface area contributed by atoms with Crippen molar-refractivity contribution >= 4 is 22.5 Å². The van der Waals surface area contributed by atoms with Crippen LogP contribution in [0.3, 0.4) is 0 Å². The predicted octanol–water partition coefficient (Wildman–Crippen LogP) is 7.30. The molecule has 3 aromatic carbocycles. The molecular weight excluding hydrogens is 383 g/mol. The second-order valence-corrected chi connectivity index (χ2v) is 9.06. The van der Waals surface area contributed by atoms with Crippen LogP contribution in [0.15, 0.2) is 70.5 Å². The SMILES string of the molecule is CCCC1(C)OCC(CC)(c2cc(F)cc(Sc3ccc4ccccc4c3)c2)O1. The molecule has 3 aromatic rings. The van der Waals surface area contributed by atoms with E-state index < -0.39 is 11.4 Å². The molecule has 0 spiro atoms. The van der Waals surface area contributed by atoms with E-state index in [-0.39, 0.29) is 5.82 Å². The summed E-state index contributed by atoms with van der Waals surface area (Å²) in [6, 6.07) is 19.8. The first-order chi connectivity index (χ1) is 14.0. The van der Waals surface area contributed by atoms with Crippen LogP contribution in [0.25, 0.3) is 10.8 Å². The lowest BCUT2D eigenvalue weighted by Crippen LogP contribution is -2.32. The maximum absolute atomic E-state index is 14.6. The number of halogens is 1. The van der Waals surface area contributed by atoms with E-state index in [1.54, 1.807) is 23.9 Å². The average Bonchev–Trinajstić information content (AvgIpc) is 3.06. The van der Waals surface area contributed by atoms with Gasteiger partial charge in [0, 0.05) is 16.2 Å². The summed E-state index contributed by atoms with van der Waals surface area (Å²) in [5, 5.41) is 2.38. The Bertz CT molecular complexity index is 1020. The van der Waals surface area contributed by atoms with Gasteiger partial charge in [-0.2, -0.15) is 0 Å². The van der Waals surface area contributed by atoms with Gasteiger partial charge in [0.15, 0.2) is 5.79 Å². The van der Waals surface area contributed by atoms with Crippen LogP contribution in [0.5, 0.6) is 0 Å². The molecule has 152 valence electrons. The highest BCUT2D eigenvalue weighted by atomic mass is 32.2. The third kappa shape index (κ3) is 4.20. The Balaban J connectivity index is 1.65. The minimum absolute atomic E-state index is 0.244. The molecule has 29 heavy (non-hydrogen) atoms. The Hall–Kier alpha value is -1.88. The third-order valence-electron chi connectivity index (χ3n) is 5.65. The van der Waals surface area contributed by atoms with Crippen LogP contribution in [-0.2, 0) is 15.1 Å². The summed E-state index contributed by atoms with van der Waals surface area (Å²) >= 11 is 1.57. The van der Waals surface area contributed by atoms with E-state index in [0.717, 1.165) is 34.6 Å². The zero-order valence-electron chi connectivity index (χ0n) is 17.2. The molecule has 1 aliphatic heterocycles. The lowest BCUT2D eigenvalue weighted by atomic mass is 9.92. The molecular formula is C25H27FO2S. The zero-order valence-corrected chi connectivity index (χ0v) is 18.0. The Morgan fingerprint density at radius 2 is 1.76 bits per heavy atom. The molecule has 2 unspecified atom stereocenters.